The summed E-state index contributed by atoms with van der Waals surface area (Å²) >= 11 is 0. The molecule has 1 saturated carbocycles. The van der Waals surface area contributed by atoms with Gasteiger partial charge < -0.3 is 10.2 Å². The van der Waals surface area contributed by atoms with Crippen LogP contribution >= 0.6 is 0 Å². The molecule has 1 spiro atoms. The van der Waals surface area contributed by atoms with Crippen molar-refractivity contribution in [2.24, 2.45) is 16.3 Å². The van der Waals surface area contributed by atoms with Crippen molar-refractivity contribution in [1.82, 2.24) is 15.1 Å². The van der Waals surface area contributed by atoms with Crippen LogP contribution in [0, 0.1) is 11.3 Å². The van der Waals surface area contributed by atoms with Crippen LogP contribution in [0.25, 0.3) is 0 Å². The van der Waals surface area contributed by atoms with Gasteiger partial charge in [0.1, 0.15) is 0 Å². The molecule has 0 unspecified atom stereocenters. The summed E-state index contributed by atoms with van der Waals surface area (Å²) in [6.07, 6.45) is 4.03. The fourth-order valence-electron chi connectivity index (χ4n) is 4.61. The van der Waals surface area contributed by atoms with Gasteiger partial charge in [-0.15, -0.1) is 0 Å². The summed E-state index contributed by atoms with van der Waals surface area (Å²) in [5.74, 6) is 1.52. The summed E-state index contributed by atoms with van der Waals surface area (Å²) in [6, 6.07) is 0. The number of aliphatic imine (C=N–C) groups is 1. The first-order valence-corrected chi connectivity index (χ1v) is 9.64. The van der Waals surface area contributed by atoms with E-state index in [9.17, 15) is 13.2 Å². The topological polar surface area (TPSA) is 30.9 Å². The quantitative estimate of drug-likeness (QED) is 0.617. The number of rotatable bonds is 4. The molecule has 2 aliphatic heterocycles. The van der Waals surface area contributed by atoms with Crippen molar-refractivity contribution in [3.8, 4) is 0 Å². The van der Waals surface area contributed by atoms with E-state index in [1.165, 1.54) is 30.6 Å². The number of nitrogens with zero attached hydrogens (tertiary/aromatic N) is 3. The first-order valence-electron chi connectivity index (χ1n) is 9.64. The Morgan fingerprint density at radius 3 is 2.40 bits per heavy atom. The number of hydrogen-bond acceptors (Lipinski definition) is 2. The Morgan fingerprint density at radius 1 is 1.16 bits per heavy atom. The minimum absolute atomic E-state index is 0.520. The number of halogens is 3. The summed E-state index contributed by atoms with van der Waals surface area (Å²) in [5.41, 5.74) is 0.558. The zero-order valence-corrected chi connectivity index (χ0v) is 15.2. The standard InChI is InChI=1S/C18H31F3N4/c1-22-16(25-12-8-17(13-25)6-2-7-17)23-9-3-15-4-10-24(11-5-15)14-18(19,20)21/h15H,2-14H2,1H3,(H,22,23). The van der Waals surface area contributed by atoms with E-state index >= 15 is 0 Å². The average Bonchev–Trinajstić information content (AvgIpc) is 2.97. The summed E-state index contributed by atoms with van der Waals surface area (Å²) in [6.45, 7) is 3.44. The van der Waals surface area contributed by atoms with E-state index in [4.69, 9.17) is 0 Å². The molecule has 3 rings (SSSR count). The molecule has 1 aliphatic carbocycles. The van der Waals surface area contributed by atoms with Gasteiger partial charge in [-0.25, -0.2) is 0 Å². The highest BCUT2D eigenvalue weighted by Gasteiger charge is 2.43. The van der Waals surface area contributed by atoms with Crippen LogP contribution in [0.15, 0.2) is 4.99 Å². The number of guanidine groups is 1. The van der Waals surface area contributed by atoms with Crippen molar-refractivity contribution in [2.45, 2.75) is 51.1 Å². The molecule has 0 aromatic carbocycles. The molecular weight excluding hydrogens is 329 g/mol. The molecule has 4 nitrogen and oxygen atoms in total. The minimum Gasteiger partial charge on any atom is -0.356 e. The predicted octanol–water partition coefficient (Wildman–Crippen LogP) is 3.10. The minimum atomic E-state index is -4.07. The van der Waals surface area contributed by atoms with Crippen molar-refractivity contribution in [1.29, 1.82) is 0 Å². The van der Waals surface area contributed by atoms with Crippen molar-refractivity contribution >= 4 is 5.96 Å². The van der Waals surface area contributed by atoms with Crippen molar-refractivity contribution < 1.29 is 13.2 Å². The van der Waals surface area contributed by atoms with Crippen LogP contribution in [0.5, 0.6) is 0 Å². The fraction of sp³-hybridized carbons (Fsp3) is 0.944. The molecule has 0 amide bonds. The molecule has 0 radical (unpaired) electrons. The molecule has 2 heterocycles. The zero-order chi connectivity index (χ0) is 17.9. The normalized spacial score (nSPS) is 25.4. The van der Waals surface area contributed by atoms with Gasteiger partial charge in [0.25, 0.3) is 0 Å². The zero-order valence-electron chi connectivity index (χ0n) is 15.2. The molecule has 3 aliphatic rings. The third kappa shape index (κ3) is 5.02. The second kappa shape index (κ2) is 7.72. The van der Waals surface area contributed by atoms with Crippen LogP contribution in [-0.4, -0.2) is 68.3 Å². The molecule has 0 aromatic rings. The first kappa shape index (κ1) is 18.8. The van der Waals surface area contributed by atoms with Crippen LogP contribution < -0.4 is 5.32 Å². The summed E-state index contributed by atoms with van der Waals surface area (Å²) in [4.78, 5) is 8.34. The molecule has 1 N–H and O–H groups in total. The Kier molecular flexibility index (Phi) is 5.81. The van der Waals surface area contributed by atoms with Gasteiger partial charge in [0.2, 0.25) is 0 Å². The predicted molar refractivity (Wildman–Crippen MR) is 93.7 cm³/mol. The summed E-state index contributed by atoms with van der Waals surface area (Å²) < 4.78 is 37.3. The second-order valence-electron chi connectivity index (χ2n) is 8.12. The average molecular weight is 360 g/mol. The van der Waals surface area contributed by atoms with Crippen LogP contribution in [0.2, 0.25) is 0 Å². The maximum absolute atomic E-state index is 12.4. The molecule has 2 saturated heterocycles. The molecule has 3 fully saturated rings. The van der Waals surface area contributed by atoms with Crippen LogP contribution in [0.4, 0.5) is 13.2 Å². The Morgan fingerprint density at radius 2 is 1.88 bits per heavy atom. The molecule has 0 bridgehead atoms. The number of likely N-dealkylation sites (tertiary alicyclic amines) is 2. The largest absolute Gasteiger partial charge is 0.401 e. The third-order valence-electron chi connectivity index (χ3n) is 6.31. The number of nitrogens with one attached hydrogen (secondary N) is 1. The fourth-order valence-corrected chi connectivity index (χ4v) is 4.61. The number of alkyl halides is 3. The van der Waals surface area contributed by atoms with Crippen LogP contribution in [0.1, 0.15) is 44.9 Å². The van der Waals surface area contributed by atoms with E-state index in [-0.39, 0.29) is 0 Å². The molecular formula is C18H31F3N4. The van der Waals surface area contributed by atoms with E-state index in [0.29, 0.717) is 24.4 Å². The van der Waals surface area contributed by atoms with E-state index in [1.807, 2.05) is 7.05 Å². The molecule has 0 aromatic heterocycles. The third-order valence-corrected chi connectivity index (χ3v) is 6.31. The lowest BCUT2D eigenvalue weighted by atomic mass is 9.68. The first-order chi connectivity index (χ1) is 11.9. The smallest absolute Gasteiger partial charge is 0.356 e. The van der Waals surface area contributed by atoms with Gasteiger partial charge in [-0.2, -0.15) is 13.2 Å². The summed E-state index contributed by atoms with van der Waals surface area (Å²) in [5, 5.41) is 3.48. The highest BCUT2D eigenvalue weighted by atomic mass is 19.4. The van der Waals surface area contributed by atoms with E-state index < -0.39 is 12.7 Å². The van der Waals surface area contributed by atoms with Crippen molar-refractivity contribution in [3.05, 3.63) is 0 Å². The van der Waals surface area contributed by atoms with Gasteiger partial charge >= 0.3 is 6.18 Å². The molecule has 7 heteroatoms. The summed E-state index contributed by atoms with van der Waals surface area (Å²) in [7, 11) is 1.84. The molecule has 25 heavy (non-hydrogen) atoms. The highest BCUT2D eigenvalue weighted by molar-refractivity contribution is 5.80. The molecule has 0 atom stereocenters. The van der Waals surface area contributed by atoms with Crippen LogP contribution in [-0.2, 0) is 0 Å². The maximum atomic E-state index is 12.4. The maximum Gasteiger partial charge on any atom is 0.401 e. The lowest BCUT2D eigenvalue weighted by Crippen LogP contribution is -2.43. The Labute approximate surface area is 148 Å². The van der Waals surface area contributed by atoms with Gasteiger partial charge in [-0.1, -0.05) is 6.42 Å². The van der Waals surface area contributed by atoms with Gasteiger partial charge in [0.05, 0.1) is 6.54 Å². The highest BCUT2D eigenvalue weighted by Crippen LogP contribution is 2.47. The van der Waals surface area contributed by atoms with Crippen molar-refractivity contribution in [3.63, 3.8) is 0 Å². The van der Waals surface area contributed by atoms with Gasteiger partial charge in [0.15, 0.2) is 5.96 Å². The Hall–Kier alpha value is -0.980. The number of hydrogen-bond donors (Lipinski definition) is 1. The second-order valence-corrected chi connectivity index (χ2v) is 8.12. The van der Waals surface area contributed by atoms with Gasteiger partial charge in [0, 0.05) is 26.7 Å². The van der Waals surface area contributed by atoms with Crippen LogP contribution in [0.3, 0.4) is 0 Å². The number of piperidine rings is 1. The lowest BCUT2D eigenvalue weighted by Gasteiger charge is -2.38. The Bertz CT molecular complexity index is 465. The lowest BCUT2D eigenvalue weighted by molar-refractivity contribution is -0.148. The monoisotopic (exact) mass is 360 g/mol. The van der Waals surface area contributed by atoms with Gasteiger partial charge in [-0.05, 0) is 62.9 Å². The SMILES string of the molecule is CN=C(NCCC1CCN(CC(F)(F)F)CC1)N1CCC2(CCC2)C1. The Balaban J connectivity index is 1.34. The van der Waals surface area contributed by atoms with E-state index in [0.717, 1.165) is 44.9 Å². The van der Waals surface area contributed by atoms with E-state index in [1.54, 1.807) is 0 Å². The van der Waals surface area contributed by atoms with Crippen molar-refractivity contribution in [2.75, 3.05) is 46.3 Å². The van der Waals surface area contributed by atoms with Gasteiger partial charge in [-0.3, -0.25) is 9.89 Å². The molecule has 144 valence electrons. The van der Waals surface area contributed by atoms with E-state index in [2.05, 4.69) is 15.2 Å².